The highest BCUT2D eigenvalue weighted by atomic mass is 16.5. The first-order valence-corrected chi connectivity index (χ1v) is 8.51. The van der Waals surface area contributed by atoms with Crippen molar-refractivity contribution in [3.05, 3.63) is 28.2 Å². The molecule has 0 unspecified atom stereocenters. The van der Waals surface area contributed by atoms with Gasteiger partial charge in [-0.1, -0.05) is 13.3 Å². The van der Waals surface area contributed by atoms with E-state index in [1.54, 1.807) is 12.3 Å². The van der Waals surface area contributed by atoms with Crippen molar-refractivity contribution in [1.82, 2.24) is 14.4 Å². The molecule has 1 aliphatic rings. The van der Waals surface area contributed by atoms with Gasteiger partial charge in [-0.2, -0.15) is 0 Å². The predicted octanol–water partition coefficient (Wildman–Crippen LogP) is 1.12. The molecule has 23 heavy (non-hydrogen) atoms. The lowest BCUT2D eigenvalue weighted by atomic mass is 10.2. The largest absolute Gasteiger partial charge is 0.503 e. The average molecular weight is 323 g/mol. The van der Waals surface area contributed by atoms with Crippen molar-refractivity contribution in [3.8, 4) is 5.75 Å². The lowest BCUT2D eigenvalue weighted by molar-refractivity contribution is 0.0362. The Hall–Kier alpha value is -1.37. The van der Waals surface area contributed by atoms with Crippen LogP contribution in [0.15, 0.2) is 17.1 Å². The van der Waals surface area contributed by atoms with E-state index in [9.17, 15) is 9.90 Å². The van der Waals surface area contributed by atoms with Crippen molar-refractivity contribution < 1.29 is 9.84 Å². The van der Waals surface area contributed by atoms with Crippen LogP contribution in [0.25, 0.3) is 0 Å². The summed E-state index contributed by atoms with van der Waals surface area (Å²) >= 11 is 0. The third-order valence-electron chi connectivity index (χ3n) is 4.28. The van der Waals surface area contributed by atoms with Gasteiger partial charge in [-0.05, 0) is 20.0 Å². The number of aromatic hydroxyl groups is 1. The highest BCUT2D eigenvalue weighted by Gasteiger charge is 2.12. The Morgan fingerprint density at radius 2 is 2.04 bits per heavy atom. The summed E-state index contributed by atoms with van der Waals surface area (Å²) < 4.78 is 7.37. The van der Waals surface area contributed by atoms with E-state index in [2.05, 4.69) is 23.8 Å². The number of aromatic nitrogens is 1. The highest BCUT2D eigenvalue weighted by molar-refractivity contribution is 5.20. The molecule has 0 aromatic carbocycles. The van der Waals surface area contributed by atoms with Gasteiger partial charge in [0.1, 0.15) is 0 Å². The average Bonchev–Trinajstić information content (AvgIpc) is 2.55. The Labute approximate surface area is 138 Å². The minimum absolute atomic E-state index is 0.174. The zero-order chi connectivity index (χ0) is 16.7. The maximum Gasteiger partial charge on any atom is 0.223 e. The third-order valence-corrected chi connectivity index (χ3v) is 4.28. The van der Waals surface area contributed by atoms with Crippen LogP contribution in [0.3, 0.4) is 0 Å². The van der Waals surface area contributed by atoms with Crippen LogP contribution in [0.5, 0.6) is 5.75 Å². The molecular formula is C17H29N3O3. The summed E-state index contributed by atoms with van der Waals surface area (Å²) in [5.74, 6) is -0.174. The fraction of sp³-hybridized carbons (Fsp3) is 0.706. The van der Waals surface area contributed by atoms with E-state index >= 15 is 0 Å². The monoisotopic (exact) mass is 323 g/mol. The molecule has 0 atom stereocenters. The molecule has 0 bridgehead atoms. The Morgan fingerprint density at radius 3 is 2.74 bits per heavy atom. The van der Waals surface area contributed by atoms with E-state index in [4.69, 9.17) is 4.74 Å². The van der Waals surface area contributed by atoms with E-state index < -0.39 is 0 Å². The van der Waals surface area contributed by atoms with Gasteiger partial charge < -0.3 is 19.3 Å². The molecule has 0 amide bonds. The second-order valence-corrected chi connectivity index (χ2v) is 6.25. The van der Waals surface area contributed by atoms with Crippen molar-refractivity contribution in [2.75, 3.05) is 46.4 Å². The van der Waals surface area contributed by atoms with Gasteiger partial charge in [0.05, 0.1) is 19.4 Å². The van der Waals surface area contributed by atoms with Gasteiger partial charge >= 0.3 is 0 Å². The number of ether oxygens (including phenoxy) is 1. The van der Waals surface area contributed by atoms with E-state index in [0.29, 0.717) is 0 Å². The molecule has 130 valence electrons. The van der Waals surface area contributed by atoms with Gasteiger partial charge in [-0.15, -0.1) is 0 Å². The minimum Gasteiger partial charge on any atom is -0.503 e. The molecule has 6 heteroatoms. The van der Waals surface area contributed by atoms with Crippen LogP contribution in [0.2, 0.25) is 0 Å². The summed E-state index contributed by atoms with van der Waals surface area (Å²) in [6, 6.07) is 1.57. The summed E-state index contributed by atoms with van der Waals surface area (Å²) in [6.45, 7) is 9.02. The van der Waals surface area contributed by atoms with Crippen molar-refractivity contribution in [1.29, 1.82) is 0 Å². The number of hydrogen-bond donors (Lipinski definition) is 1. The van der Waals surface area contributed by atoms with Gasteiger partial charge in [-0.25, -0.2) is 0 Å². The topological polar surface area (TPSA) is 57.9 Å². The van der Waals surface area contributed by atoms with Crippen LogP contribution in [-0.4, -0.2) is 65.9 Å². The van der Waals surface area contributed by atoms with E-state index in [0.717, 1.165) is 71.0 Å². The lowest BCUT2D eigenvalue weighted by Crippen LogP contribution is -2.38. The molecule has 1 N–H and O–H groups in total. The zero-order valence-electron chi connectivity index (χ0n) is 14.3. The molecule has 0 saturated carbocycles. The predicted molar refractivity (Wildman–Crippen MR) is 90.9 cm³/mol. The Morgan fingerprint density at radius 1 is 1.30 bits per heavy atom. The van der Waals surface area contributed by atoms with Crippen LogP contribution < -0.4 is 5.43 Å². The van der Waals surface area contributed by atoms with Crippen molar-refractivity contribution in [2.24, 2.45) is 0 Å². The van der Waals surface area contributed by atoms with Crippen LogP contribution in [0, 0.1) is 0 Å². The standard InChI is InChI=1S/C17H29N3O3/c1-3-4-5-18(2)13-15-12-16(21)17(22)14-20(15)7-6-19-8-10-23-11-9-19/h12,14,22H,3-11,13H2,1-2H3. The van der Waals surface area contributed by atoms with E-state index in [1.165, 1.54) is 0 Å². The number of morpholine rings is 1. The maximum atomic E-state index is 11.8. The number of pyridine rings is 1. The van der Waals surface area contributed by atoms with Crippen LogP contribution >= 0.6 is 0 Å². The Kier molecular flexibility index (Phi) is 7.08. The molecule has 0 spiro atoms. The molecule has 1 aliphatic heterocycles. The number of rotatable bonds is 8. The van der Waals surface area contributed by atoms with E-state index in [1.807, 2.05) is 4.57 Å². The van der Waals surface area contributed by atoms with Gasteiger partial charge in [0.2, 0.25) is 5.43 Å². The normalized spacial score (nSPS) is 16.1. The number of nitrogens with zero attached hydrogens (tertiary/aromatic N) is 3. The Bertz CT molecular complexity index is 538. The number of hydrogen-bond acceptors (Lipinski definition) is 5. The van der Waals surface area contributed by atoms with Gasteiger partial charge in [0.15, 0.2) is 5.75 Å². The summed E-state index contributed by atoms with van der Waals surface area (Å²) in [6.07, 6.45) is 3.88. The molecular weight excluding hydrogens is 294 g/mol. The molecule has 2 rings (SSSR count). The molecule has 0 radical (unpaired) electrons. The molecule has 1 saturated heterocycles. The molecule has 1 aromatic heterocycles. The van der Waals surface area contributed by atoms with Crippen molar-refractivity contribution >= 4 is 0 Å². The third kappa shape index (κ3) is 5.64. The van der Waals surface area contributed by atoms with Crippen molar-refractivity contribution in [3.63, 3.8) is 0 Å². The zero-order valence-corrected chi connectivity index (χ0v) is 14.3. The quantitative estimate of drug-likeness (QED) is 0.777. The smallest absolute Gasteiger partial charge is 0.223 e. The molecule has 0 aliphatic carbocycles. The van der Waals surface area contributed by atoms with Crippen LogP contribution in [0.4, 0.5) is 0 Å². The fourth-order valence-corrected chi connectivity index (χ4v) is 2.80. The second-order valence-electron chi connectivity index (χ2n) is 6.25. The van der Waals surface area contributed by atoms with Gasteiger partial charge in [-0.3, -0.25) is 9.69 Å². The summed E-state index contributed by atoms with van der Waals surface area (Å²) in [5.41, 5.74) is 0.658. The first kappa shape index (κ1) is 18.0. The van der Waals surface area contributed by atoms with Crippen LogP contribution in [-0.2, 0) is 17.8 Å². The van der Waals surface area contributed by atoms with E-state index in [-0.39, 0.29) is 11.2 Å². The maximum absolute atomic E-state index is 11.8. The Balaban J connectivity index is 2.03. The summed E-state index contributed by atoms with van der Waals surface area (Å²) in [4.78, 5) is 16.4. The lowest BCUT2D eigenvalue weighted by Gasteiger charge is -2.28. The first-order chi connectivity index (χ1) is 11.1. The van der Waals surface area contributed by atoms with Gasteiger partial charge in [0.25, 0.3) is 0 Å². The molecule has 1 aromatic rings. The molecule has 1 fully saturated rings. The number of unbranched alkanes of at least 4 members (excludes halogenated alkanes) is 1. The second kappa shape index (κ2) is 9.05. The SMILES string of the molecule is CCCCN(C)Cc1cc(=O)c(O)cn1CCN1CCOCC1. The fourth-order valence-electron chi connectivity index (χ4n) is 2.80. The highest BCUT2D eigenvalue weighted by Crippen LogP contribution is 2.09. The van der Waals surface area contributed by atoms with Crippen molar-refractivity contribution in [2.45, 2.75) is 32.9 Å². The van der Waals surface area contributed by atoms with Crippen LogP contribution in [0.1, 0.15) is 25.5 Å². The minimum atomic E-state index is -0.300. The summed E-state index contributed by atoms with van der Waals surface area (Å²) in [7, 11) is 2.07. The van der Waals surface area contributed by atoms with Gasteiger partial charge in [0, 0.05) is 44.5 Å². The first-order valence-electron chi connectivity index (χ1n) is 8.51. The summed E-state index contributed by atoms with van der Waals surface area (Å²) in [5, 5.41) is 9.76. The molecule has 6 nitrogen and oxygen atoms in total. The molecule has 2 heterocycles.